The molecule has 1 heterocycles. The third kappa shape index (κ3) is 2.83. The van der Waals surface area contributed by atoms with E-state index >= 15 is 0 Å². The van der Waals surface area contributed by atoms with Gasteiger partial charge in [0.05, 0.1) is 24.3 Å². The molecule has 2 N–H and O–H groups in total. The Kier molecular flexibility index (Phi) is 4.10. The molecular formula is C12H16ClNO3. The van der Waals surface area contributed by atoms with Gasteiger partial charge < -0.3 is 19.9 Å². The highest BCUT2D eigenvalue weighted by molar-refractivity contribution is 6.31. The van der Waals surface area contributed by atoms with Gasteiger partial charge in [0.25, 0.3) is 0 Å². The van der Waals surface area contributed by atoms with E-state index in [9.17, 15) is 5.11 Å². The second-order valence-corrected chi connectivity index (χ2v) is 4.35. The van der Waals surface area contributed by atoms with E-state index in [1.165, 1.54) is 0 Å². The Morgan fingerprint density at radius 1 is 1.35 bits per heavy atom. The van der Waals surface area contributed by atoms with E-state index < -0.39 is 6.10 Å². The second kappa shape index (κ2) is 5.58. The fourth-order valence-electron chi connectivity index (χ4n) is 1.76. The third-order valence-electron chi connectivity index (χ3n) is 2.62. The van der Waals surface area contributed by atoms with Gasteiger partial charge >= 0.3 is 0 Å². The van der Waals surface area contributed by atoms with Crippen molar-refractivity contribution >= 4 is 11.6 Å². The Balaban J connectivity index is 2.31. The van der Waals surface area contributed by atoms with Crippen molar-refractivity contribution in [3.8, 4) is 11.5 Å². The fourth-order valence-corrected chi connectivity index (χ4v) is 2.04. The summed E-state index contributed by atoms with van der Waals surface area (Å²) in [6.45, 7) is 1.69. The molecule has 1 aromatic rings. The molecule has 2 rings (SSSR count). The van der Waals surface area contributed by atoms with E-state index in [0.29, 0.717) is 41.8 Å². The molecule has 0 spiro atoms. The largest absolute Gasteiger partial charge is 0.490 e. The van der Waals surface area contributed by atoms with Crippen LogP contribution in [0.4, 0.5) is 0 Å². The first-order chi connectivity index (χ1) is 8.22. The molecule has 1 aliphatic heterocycles. The molecule has 4 nitrogen and oxygen atoms in total. The first kappa shape index (κ1) is 12.5. The number of benzene rings is 1. The van der Waals surface area contributed by atoms with Gasteiger partial charge in [0, 0.05) is 24.6 Å². The number of rotatable bonds is 3. The lowest BCUT2D eigenvalue weighted by Gasteiger charge is -2.15. The Hall–Kier alpha value is -0.970. The standard InChI is InChI=1S/C12H16ClNO3/c1-14-7-10(15)8-5-11-12(6-9(8)13)17-4-2-3-16-11/h5-6,10,14-15H,2-4,7H2,1H3. The minimum absolute atomic E-state index is 0.444. The van der Waals surface area contributed by atoms with Gasteiger partial charge in [0.2, 0.25) is 0 Å². The molecule has 17 heavy (non-hydrogen) atoms. The molecule has 0 saturated carbocycles. The number of hydrogen-bond donors (Lipinski definition) is 2. The van der Waals surface area contributed by atoms with Crippen molar-refractivity contribution in [2.75, 3.05) is 26.8 Å². The van der Waals surface area contributed by atoms with Crippen LogP contribution in [0.2, 0.25) is 5.02 Å². The van der Waals surface area contributed by atoms with Crippen LogP contribution in [0.1, 0.15) is 18.1 Å². The maximum atomic E-state index is 9.93. The molecule has 1 aliphatic rings. The minimum Gasteiger partial charge on any atom is -0.490 e. The summed E-state index contributed by atoms with van der Waals surface area (Å²) in [5.41, 5.74) is 0.658. The Morgan fingerprint density at radius 2 is 2.00 bits per heavy atom. The number of halogens is 1. The van der Waals surface area contributed by atoms with Gasteiger partial charge in [0.1, 0.15) is 0 Å². The molecule has 0 aromatic heterocycles. The van der Waals surface area contributed by atoms with Crippen molar-refractivity contribution < 1.29 is 14.6 Å². The zero-order chi connectivity index (χ0) is 12.3. The fraction of sp³-hybridized carbons (Fsp3) is 0.500. The summed E-state index contributed by atoms with van der Waals surface area (Å²) < 4.78 is 11.1. The third-order valence-corrected chi connectivity index (χ3v) is 2.95. The SMILES string of the molecule is CNCC(O)c1cc2c(cc1Cl)OCCCO2. The minimum atomic E-state index is -0.648. The van der Waals surface area contributed by atoms with Gasteiger partial charge in [-0.15, -0.1) is 0 Å². The van der Waals surface area contributed by atoms with Gasteiger partial charge in [-0.1, -0.05) is 11.6 Å². The molecule has 1 atom stereocenters. The van der Waals surface area contributed by atoms with Gasteiger partial charge in [-0.05, 0) is 13.1 Å². The highest BCUT2D eigenvalue weighted by Crippen LogP contribution is 2.37. The number of nitrogens with one attached hydrogen (secondary N) is 1. The molecule has 94 valence electrons. The molecule has 1 aromatic carbocycles. The van der Waals surface area contributed by atoms with E-state index in [2.05, 4.69) is 5.32 Å². The summed E-state index contributed by atoms with van der Waals surface area (Å²) in [4.78, 5) is 0. The van der Waals surface area contributed by atoms with Crippen LogP contribution in [0.3, 0.4) is 0 Å². The van der Waals surface area contributed by atoms with E-state index in [-0.39, 0.29) is 0 Å². The number of likely N-dealkylation sites (N-methyl/N-ethyl adjacent to an activating group) is 1. The van der Waals surface area contributed by atoms with Crippen LogP contribution in [-0.4, -0.2) is 31.9 Å². The van der Waals surface area contributed by atoms with Crippen LogP contribution in [0.15, 0.2) is 12.1 Å². The number of fused-ring (bicyclic) bond motifs is 1. The molecule has 0 bridgehead atoms. The summed E-state index contributed by atoms with van der Waals surface area (Å²) in [5.74, 6) is 1.30. The van der Waals surface area contributed by atoms with Gasteiger partial charge in [-0.3, -0.25) is 0 Å². The average Bonchev–Trinajstić information content (AvgIpc) is 2.52. The predicted octanol–water partition coefficient (Wildman–Crippen LogP) is 1.75. The van der Waals surface area contributed by atoms with E-state index in [1.807, 2.05) is 0 Å². The maximum absolute atomic E-state index is 9.93. The van der Waals surface area contributed by atoms with Crippen LogP contribution in [0, 0.1) is 0 Å². The predicted molar refractivity (Wildman–Crippen MR) is 65.9 cm³/mol. The number of hydrogen-bond acceptors (Lipinski definition) is 4. The molecule has 1 unspecified atom stereocenters. The highest BCUT2D eigenvalue weighted by Gasteiger charge is 2.18. The summed E-state index contributed by atoms with van der Waals surface area (Å²) in [6, 6.07) is 3.46. The lowest BCUT2D eigenvalue weighted by molar-refractivity contribution is 0.177. The summed E-state index contributed by atoms with van der Waals surface area (Å²) in [6.07, 6.45) is 0.199. The van der Waals surface area contributed by atoms with Crippen molar-refractivity contribution in [2.24, 2.45) is 0 Å². The van der Waals surface area contributed by atoms with Crippen LogP contribution in [0.5, 0.6) is 11.5 Å². The molecular weight excluding hydrogens is 242 g/mol. The van der Waals surface area contributed by atoms with Gasteiger partial charge in [0.15, 0.2) is 11.5 Å². The maximum Gasteiger partial charge on any atom is 0.162 e. The zero-order valence-electron chi connectivity index (χ0n) is 9.70. The van der Waals surface area contributed by atoms with Crippen LogP contribution in [0.25, 0.3) is 0 Å². The van der Waals surface area contributed by atoms with Gasteiger partial charge in [-0.2, -0.15) is 0 Å². The lowest BCUT2D eigenvalue weighted by Crippen LogP contribution is -2.17. The lowest BCUT2D eigenvalue weighted by atomic mass is 10.1. The number of aliphatic hydroxyl groups excluding tert-OH is 1. The Morgan fingerprint density at radius 3 is 2.65 bits per heavy atom. The van der Waals surface area contributed by atoms with Gasteiger partial charge in [-0.25, -0.2) is 0 Å². The van der Waals surface area contributed by atoms with E-state index in [4.69, 9.17) is 21.1 Å². The van der Waals surface area contributed by atoms with Crippen LogP contribution < -0.4 is 14.8 Å². The van der Waals surface area contributed by atoms with Crippen molar-refractivity contribution in [1.29, 1.82) is 0 Å². The van der Waals surface area contributed by atoms with E-state index in [1.54, 1.807) is 19.2 Å². The van der Waals surface area contributed by atoms with Crippen molar-refractivity contribution in [1.82, 2.24) is 5.32 Å². The quantitative estimate of drug-likeness (QED) is 0.866. The van der Waals surface area contributed by atoms with Crippen LogP contribution >= 0.6 is 11.6 Å². The molecule has 0 fully saturated rings. The van der Waals surface area contributed by atoms with Crippen molar-refractivity contribution in [2.45, 2.75) is 12.5 Å². The normalized spacial score (nSPS) is 16.4. The first-order valence-electron chi connectivity index (χ1n) is 5.64. The molecule has 0 amide bonds. The summed E-state index contributed by atoms with van der Waals surface area (Å²) >= 11 is 6.12. The topological polar surface area (TPSA) is 50.7 Å². The van der Waals surface area contributed by atoms with E-state index in [0.717, 1.165) is 6.42 Å². The van der Waals surface area contributed by atoms with Crippen LogP contribution in [-0.2, 0) is 0 Å². The average molecular weight is 258 g/mol. The Labute approximate surface area is 105 Å². The van der Waals surface area contributed by atoms with Crippen molar-refractivity contribution in [3.63, 3.8) is 0 Å². The molecule has 0 aliphatic carbocycles. The molecule has 0 radical (unpaired) electrons. The monoisotopic (exact) mass is 257 g/mol. The molecule has 0 saturated heterocycles. The number of aliphatic hydroxyl groups is 1. The second-order valence-electron chi connectivity index (χ2n) is 3.94. The highest BCUT2D eigenvalue weighted by atomic mass is 35.5. The molecule has 5 heteroatoms. The number of ether oxygens (including phenoxy) is 2. The Bertz CT molecular complexity index is 398. The summed E-state index contributed by atoms with van der Waals surface area (Å²) in [7, 11) is 1.78. The van der Waals surface area contributed by atoms with Crippen molar-refractivity contribution in [3.05, 3.63) is 22.7 Å². The first-order valence-corrected chi connectivity index (χ1v) is 6.02. The smallest absolute Gasteiger partial charge is 0.162 e. The summed E-state index contributed by atoms with van der Waals surface area (Å²) in [5, 5.41) is 13.3. The zero-order valence-corrected chi connectivity index (χ0v) is 10.5.